The van der Waals surface area contributed by atoms with Gasteiger partial charge in [0.2, 0.25) is 5.91 Å². The summed E-state index contributed by atoms with van der Waals surface area (Å²) < 4.78 is 36.5. The summed E-state index contributed by atoms with van der Waals surface area (Å²) >= 11 is 6.07. The van der Waals surface area contributed by atoms with Crippen LogP contribution in [0.15, 0.2) is 24.3 Å². The number of piperidine rings is 1. The molecule has 0 atom stereocenters. The van der Waals surface area contributed by atoms with Crippen LogP contribution >= 0.6 is 11.6 Å². The highest BCUT2D eigenvalue weighted by Gasteiger charge is 2.38. The molecule has 1 saturated heterocycles. The molecule has 0 aromatic heterocycles. The Morgan fingerprint density at radius 1 is 1.20 bits per heavy atom. The molecule has 2 amide bonds. The van der Waals surface area contributed by atoms with Crippen molar-refractivity contribution in [3.63, 3.8) is 0 Å². The second-order valence-corrected chi connectivity index (χ2v) is 6.53. The van der Waals surface area contributed by atoms with Crippen LogP contribution in [0.2, 0.25) is 5.02 Å². The van der Waals surface area contributed by atoms with Gasteiger partial charge in [-0.15, -0.1) is 0 Å². The van der Waals surface area contributed by atoms with E-state index in [0.29, 0.717) is 43.8 Å². The van der Waals surface area contributed by atoms with Crippen LogP contribution in [0.25, 0.3) is 0 Å². The third kappa shape index (κ3) is 5.92. The number of nitrogens with zero attached hydrogens (tertiary/aromatic N) is 1. The Balaban J connectivity index is 1.71. The second-order valence-electron chi connectivity index (χ2n) is 6.12. The number of halogens is 4. The largest absolute Gasteiger partial charge is 0.471 e. The molecular formula is C17H20ClF3N2O2. The maximum atomic E-state index is 12.3. The van der Waals surface area contributed by atoms with E-state index in [0.717, 1.165) is 5.56 Å². The normalized spacial score (nSPS) is 15.9. The molecule has 0 aliphatic carbocycles. The Hall–Kier alpha value is -1.76. The molecule has 0 unspecified atom stereocenters. The number of likely N-dealkylation sites (tertiary alicyclic amines) is 1. The highest BCUT2D eigenvalue weighted by atomic mass is 35.5. The lowest BCUT2D eigenvalue weighted by Crippen LogP contribution is -2.44. The summed E-state index contributed by atoms with van der Waals surface area (Å²) in [6.07, 6.45) is -2.79. The highest BCUT2D eigenvalue weighted by molar-refractivity contribution is 6.31. The predicted molar refractivity (Wildman–Crippen MR) is 88.1 cm³/mol. The minimum Gasteiger partial charge on any atom is -0.348 e. The van der Waals surface area contributed by atoms with Crippen molar-refractivity contribution in [2.45, 2.75) is 31.9 Å². The summed E-state index contributed by atoms with van der Waals surface area (Å²) in [5.41, 5.74) is 0.919. The first kappa shape index (κ1) is 19.6. The van der Waals surface area contributed by atoms with Crippen molar-refractivity contribution in [1.82, 2.24) is 10.2 Å². The van der Waals surface area contributed by atoms with Gasteiger partial charge in [0.15, 0.2) is 0 Å². The number of carbonyl (C=O) groups excluding carboxylic acids is 2. The zero-order valence-corrected chi connectivity index (χ0v) is 14.4. The Bertz CT molecular complexity index is 614. The van der Waals surface area contributed by atoms with Gasteiger partial charge in [0, 0.05) is 31.1 Å². The molecule has 1 aliphatic heterocycles. The second kappa shape index (κ2) is 8.56. The van der Waals surface area contributed by atoms with Crippen LogP contribution in [0.4, 0.5) is 13.2 Å². The molecule has 1 aromatic rings. The van der Waals surface area contributed by atoms with Crippen LogP contribution in [0, 0.1) is 5.92 Å². The Labute approximate surface area is 149 Å². The highest BCUT2D eigenvalue weighted by Crippen LogP contribution is 2.21. The van der Waals surface area contributed by atoms with Crippen molar-refractivity contribution in [2.24, 2.45) is 5.92 Å². The molecule has 1 aliphatic rings. The van der Waals surface area contributed by atoms with Crippen molar-refractivity contribution in [3.05, 3.63) is 34.9 Å². The summed E-state index contributed by atoms with van der Waals surface area (Å²) in [5, 5.41) is 2.54. The quantitative estimate of drug-likeness (QED) is 0.858. The van der Waals surface area contributed by atoms with Gasteiger partial charge in [-0.3, -0.25) is 9.59 Å². The summed E-state index contributed by atoms with van der Waals surface area (Å²) in [7, 11) is 0. The fourth-order valence-corrected chi connectivity index (χ4v) is 3.05. The molecule has 25 heavy (non-hydrogen) atoms. The smallest absolute Gasteiger partial charge is 0.348 e. The third-order valence-corrected chi connectivity index (χ3v) is 4.71. The molecule has 2 rings (SSSR count). The van der Waals surface area contributed by atoms with E-state index in [2.05, 4.69) is 0 Å². The van der Waals surface area contributed by atoms with Gasteiger partial charge in [0.25, 0.3) is 0 Å². The first-order chi connectivity index (χ1) is 11.8. The van der Waals surface area contributed by atoms with E-state index < -0.39 is 12.1 Å². The van der Waals surface area contributed by atoms with E-state index in [4.69, 9.17) is 11.6 Å². The van der Waals surface area contributed by atoms with Crippen molar-refractivity contribution < 1.29 is 22.8 Å². The van der Waals surface area contributed by atoms with Crippen LogP contribution < -0.4 is 5.32 Å². The molecule has 138 valence electrons. The van der Waals surface area contributed by atoms with Crippen LogP contribution in [0.1, 0.15) is 24.8 Å². The van der Waals surface area contributed by atoms with E-state index in [-0.39, 0.29) is 18.4 Å². The van der Waals surface area contributed by atoms with Crippen LogP contribution in [-0.2, 0) is 16.0 Å². The topological polar surface area (TPSA) is 49.4 Å². The number of aryl methyl sites for hydroxylation is 1. The number of hydrogen-bond donors (Lipinski definition) is 1. The maximum Gasteiger partial charge on any atom is 0.471 e. The lowest BCUT2D eigenvalue weighted by Gasteiger charge is -2.32. The molecule has 0 bridgehead atoms. The molecule has 1 aromatic carbocycles. The number of amides is 2. The molecular weight excluding hydrogens is 357 g/mol. The summed E-state index contributed by atoms with van der Waals surface area (Å²) in [5.74, 6) is -1.94. The fourth-order valence-electron chi connectivity index (χ4n) is 2.82. The predicted octanol–water partition coefficient (Wildman–Crippen LogP) is 3.19. The Morgan fingerprint density at radius 2 is 1.84 bits per heavy atom. The van der Waals surface area contributed by atoms with Crippen molar-refractivity contribution in [3.8, 4) is 0 Å². The van der Waals surface area contributed by atoms with Crippen LogP contribution in [0.3, 0.4) is 0 Å². The monoisotopic (exact) mass is 376 g/mol. The summed E-state index contributed by atoms with van der Waals surface area (Å²) in [6.45, 7) is 0.974. The standard InChI is InChI=1S/C17H20ClF3N2O2/c18-14-4-2-1-3-13(14)5-6-15(24)23-9-7-12(8-10-23)11-22-16(25)17(19,20)21/h1-4,12H,5-11H2,(H,22,25). The number of nitrogens with one attached hydrogen (secondary N) is 1. The zero-order chi connectivity index (χ0) is 18.4. The molecule has 1 heterocycles. The minimum absolute atomic E-state index is 0.0118. The van der Waals surface area contributed by atoms with Crippen molar-refractivity contribution in [2.75, 3.05) is 19.6 Å². The zero-order valence-electron chi connectivity index (χ0n) is 13.6. The van der Waals surface area contributed by atoms with Crippen molar-refractivity contribution in [1.29, 1.82) is 0 Å². The molecule has 1 fully saturated rings. The average Bonchev–Trinajstić information content (AvgIpc) is 2.58. The van der Waals surface area contributed by atoms with E-state index in [1.165, 1.54) is 0 Å². The Kier molecular flexibility index (Phi) is 6.70. The third-order valence-electron chi connectivity index (χ3n) is 4.34. The van der Waals surface area contributed by atoms with E-state index in [9.17, 15) is 22.8 Å². The lowest BCUT2D eigenvalue weighted by molar-refractivity contribution is -0.173. The van der Waals surface area contributed by atoms with Gasteiger partial charge in [-0.2, -0.15) is 13.2 Å². The first-order valence-electron chi connectivity index (χ1n) is 8.13. The Morgan fingerprint density at radius 3 is 2.44 bits per heavy atom. The van der Waals surface area contributed by atoms with Crippen LogP contribution in [-0.4, -0.2) is 42.5 Å². The minimum atomic E-state index is -4.85. The van der Waals surface area contributed by atoms with Gasteiger partial charge in [-0.05, 0) is 36.8 Å². The number of alkyl halides is 3. The average molecular weight is 377 g/mol. The molecule has 0 radical (unpaired) electrons. The molecule has 0 spiro atoms. The van der Waals surface area contributed by atoms with Crippen LogP contribution in [0.5, 0.6) is 0 Å². The van der Waals surface area contributed by atoms with Gasteiger partial charge in [0.1, 0.15) is 0 Å². The van der Waals surface area contributed by atoms with E-state index in [1.54, 1.807) is 11.0 Å². The summed E-state index contributed by atoms with van der Waals surface area (Å²) in [4.78, 5) is 24.8. The first-order valence-corrected chi connectivity index (χ1v) is 8.51. The number of hydrogen-bond acceptors (Lipinski definition) is 2. The van der Waals surface area contributed by atoms with Gasteiger partial charge < -0.3 is 10.2 Å². The molecule has 8 heteroatoms. The SMILES string of the molecule is O=C(CCc1ccccc1Cl)N1CCC(CNC(=O)C(F)(F)F)CC1. The van der Waals surface area contributed by atoms with Gasteiger partial charge >= 0.3 is 12.1 Å². The molecule has 0 saturated carbocycles. The molecule has 1 N–H and O–H groups in total. The number of benzene rings is 1. The van der Waals surface area contributed by atoms with Gasteiger partial charge in [-0.1, -0.05) is 29.8 Å². The fraction of sp³-hybridized carbons (Fsp3) is 0.529. The maximum absolute atomic E-state index is 12.3. The van der Waals surface area contributed by atoms with E-state index in [1.807, 2.05) is 23.5 Å². The number of rotatable bonds is 5. The number of carbonyl (C=O) groups is 2. The van der Waals surface area contributed by atoms with Gasteiger partial charge in [-0.25, -0.2) is 0 Å². The van der Waals surface area contributed by atoms with E-state index >= 15 is 0 Å². The lowest BCUT2D eigenvalue weighted by atomic mass is 9.96. The van der Waals surface area contributed by atoms with Gasteiger partial charge in [0.05, 0.1) is 0 Å². The van der Waals surface area contributed by atoms with Crippen molar-refractivity contribution >= 4 is 23.4 Å². The molecule has 4 nitrogen and oxygen atoms in total. The summed E-state index contributed by atoms with van der Waals surface area (Å²) in [6, 6.07) is 7.36.